The number of benzene rings is 5. The molecule has 9 rings (SSSR count). The van der Waals surface area contributed by atoms with Gasteiger partial charge in [-0.15, -0.1) is 0 Å². The Bertz CT molecular complexity index is 3680. The number of carbonyl (C=O) groups is 8. The summed E-state index contributed by atoms with van der Waals surface area (Å²) in [4.78, 5) is 101. The van der Waals surface area contributed by atoms with Gasteiger partial charge in [0.15, 0.2) is 0 Å². The van der Waals surface area contributed by atoms with Crippen molar-refractivity contribution in [1.82, 2.24) is 39.5 Å². The van der Waals surface area contributed by atoms with Gasteiger partial charge in [0.05, 0.1) is 73.6 Å². The Morgan fingerprint density at radius 3 is 1.12 bits per heavy atom. The lowest BCUT2D eigenvalue weighted by Crippen LogP contribution is -2.53. The monoisotopic (exact) mass is 1470 g/mol. The molecule has 5 aromatic rings. The highest BCUT2D eigenvalue weighted by Gasteiger charge is 2.48. The van der Waals surface area contributed by atoms with E-state index < -0.39 is 125 Å². The summed E-state index contributed by atoms with van der Waals surface area (Å²) in [7, 11) is -8.91. The summed E-state index contributed by atoms with van der Waals surface area (Å²) in [5.74, 6) is -3.43. The Balaban J connectivity index is 0.000000217. The van der Waals surface area contributed by atoms with E-state index in [0.717, 1.165) is 32.8 Å². The van der Waals surface area contributed by atoms with Crippen LogP contribution in [0.2, 0.25) is 13.6 Å². The minimum absolute atomic E-state index is 0.0544. The number of sulfonamides is 2. The summed E-state index contributed by atoms with van der Waals surface area (Å²) in [6, 6.07) is 40.8. The van der Waals surface area contributed by atoms with Crippen LogP contribution < -0.4 is 21.3 Å². The van der Waals surface area contributed by atoms with Crippen molar-refractivity contribution in [3.63, 3.8) is 0 Å². The number of ether oxygens (including phenoxy) is 8. The molecule has 4 aliphatic heterocycles. The van der Waals surface area contributed by atoms with Gasteiger partial charge in [-0.2, -0.15) is 8.61 Å². The second-order valence-electron chi connectivity index (χ2n) is 23.9. The maximum Gasteiger partial charge on any atom is 0.407 e. The fraction of sp³-hybridized carbons (Fsp3) is 0.449. The summed E-state index contributed by atoms with van der Waals surface area (Å²) >= 11 is 0. The number of rotatable bonds is 25. The van der Waals surface area contributed by atoms with E-state index in [0.29, 0.717) is 32.5 Å². The number of nitrogens with one attached hydrogen (secondary N) is 4. The molecule has 0 aromatic heterocycles. The molecule has 8 atom stereocenters. The third-order valence-electron chi connectivity index (χ3n) is 16.5. The molecule has 4 amide bonds. The number of esters is 4. The van der Waals surface area contributed by atoms with E-state index in [1.807, 2.05) is 121 Å². The van der Waals surface area contributed by atoms with Crippen LogP contribution in [0.15, 0.2) is 157 Å². The first-order valence-corrected chi connectivity index (χ1v) is 37.0. The zero-order chi connectivity index (χ0) is 75.1. The van der Waals surface area contributed by atoms with Crippen LogP contribution in [0.3, 0.4) is 0 Å². The summed E-state index contributed by atoms with van der Waals surface area (Å²) in [5, 5.41) is 30.1. The van der Waals surface area contributed by atoms with E-state index in [-0.39, 0.29) is 83.4 Å². The fourth-order valence-corrected chi connectivity index (χ4v) is 14.1. The van der Waals surface area contributed by atoms with Gasteiger partial charge < -0.3 is 78.8 Å². The van der Waals surface area contributed by atoms with E-state index >= 15 is 0 Å². The third kappa shape index (κ3) is 26.3. The highest BCUT2D eigenvalue weighted by atomic mass is 32.2. The summed E-state index contributed by atoms with van der Waals surface area (Å²) in [6.45, 7) is 12.4. The van der Waals surface area contributed by atoms with Gasteiger partial charge in [0.25, 0.3) is 0 Å². The van der Waals surface area contributed by atoms with E-state index in [1.165, 1.54) is 16.4 Å². The first-order chi connectivity index (χ1) is 49.3. The summed E-state index contributed by atoms with van der Waals surface area (Å²) in [6.07, 6.45) is -0.756. The molecule has 6 N–H and O–H groups in total. The molecule has 4 saturated heterocycles. The molecular weight excluding hydrogens is 1380 g/mol. The Morgan fingerprint density at radius 2 is 0.748 bits per heavy atom. The van der Waals surface area contributed by atoms with Crippen molar-refractivity contribution in [2.45, 2.75) is 122 Å². The molecule has 0 spiro atoms. The van der Waals surface area contributed by atoms with Gasteiger partial charge >= 0.3 is 62.4 Å². The van der Waals surface area contributed by atoms with Crippen LogP contribution in [0.4, 0.5) is 19.2 Å². The molecular formula is C69H92B2N8O22S2. The second kappa shape index (κ2) is 41.8. The quantitative estimate of drug-likeness (QED) is 0.0255. The van der Waals surface area contributed by atoms with Crippen LogP contribution in [0.1, 0.15) is 62.8 Å². The number of amides is 4. The molecule has 558 valence electrons. The highest BCUT2D eigenvalue weighted by Crippen LogP contribution is 2.28. The van der Waals surface area contributed by atoms with Crippen LogP contribution in [0.5, 0.6) is 0 Å². The predicted octanol–water partition coefficient (Wildman–Crippen LogP) is 4.96. The SMILES string of the molecule is CCOC(=O)[C@@H]1CN(B(C)O)C[C@H]1NC(=O)OCc1ccccc1.CCOC(=O)[C@@H]1CN(S(=O)(=O)c2ccccc2)C[C@H]1NC(=O)OCc1ccccc1.CCOC(=O)[C@H]1[C@H](NC(=O)OCc2ccccc2)CCN1B(C)O.CCOC(=O)[C@H]1[C@H](NC(=O)OCc2ccccc2)CCN1S(C)(=O)=O. The van der Waals surface area contributed by atoms with E-state index in [9.17, 15) is 65.2 Å². The molecule has 0 unspecified atom stereocenters. The first kappa shape index (κ1) is 82.8. The standard InChI is InChI=1S/C21H24N2O6S.2C16H23BN2O5.C16H22N2O6S/c1-2-28-20(24)18-13-23(30(26,27)17-11-7-4-8-12-17)14-19(18)22-21(25)29-15-16-9-5-3-6-10-16;1-3-23-15(20)13-9-19(17(2)22)10-14(13)18-16(21)24-11-12-7-5-4-6-8-12;1-3-23-15(20)14-13(9-10-19(14)17(2)22)18-16(21)24-11-12-7-5-4-6-8-12;1-3-23-15(19)14-13(9-10-18(14)25(2,21)22)17-16(20)24-11-12-7-5-4-6-8-12/h3-12,18-19H,2,13-15H2,1H3,(H,22,25);2*4-8,13-14,22H,3,9-11H2,1-2H3,(H,18,21);4-8,13-14H,3,9-11H2,1-2H3,(H,17,20)/t18-,19-;3*13-,14-/m1111/s1. The zero-order valence-corrected chi connectivity index (χ0v) is 60.3. The van der Waals surface area contributed by atoms with E-state index in [4.69, 9.17) is 37.9 Å². The molecule has 103 heavy (non-hydrogen) atoms. The van der Waals surface area contributed by atoms with Gasteiger partial charge in [0, 0.05) is 32.7 Å². The van der Waals surface area contributed by atoms with Crippen molar-refractivity contribution in [3.8, 4) is 0 Å². The van der Waals surface area contributed by atoms with Crippen molar-refractivity contribution in [2.24, 2.45) is 11.8 Å². The van der Waals surface area contributed by atoms with Crippen LogP contribution in [0, 0.1) is 11.8 Å². The number of carbonyl (C=O) groups excluding carboxylic acids is 8. The minimum atomic E-state index is -3.81. The second-order valence-corrected chi connectivity index (χ2v) is 27.8. The minimum Gasteiger partial charge on any atom is -0.466 e. The molecule has 0 saturated carbocycles. The molecule has 0 aliphatic carbocycles. The van der Waals surface area contributed by atoms with Crippen molar-refractivity contribution < 1.29 is 103 Å². The zero-order valence-electron chi connectivity index (χ0n) is 58.7. The van der Waals surface area contributed by atoms with Crippen molar-refractivity contribution in [3.05, 3.63) is 174 Å². The van der Waals surface area contributed by atoms with Gasteiger partial charge in [-0.3, -0.25) is 19.2 Å². The molecule has 5 aromatic carbocycles. The fourth-order valence-electron chi connectivity index (χ4n) is 11.5. The van der Waals surface area contributed by atoms with Crippen LogP contribution in [-0.2, 0) is 104 Å². The van der Waals surface area contributed by atoms with Gasteiger partial charge in [0.2, 0.25) is 20.0 Å². The molecule has 4 heterocycles. The average molecular weight is 1470 g/mol. The molecule has 0 radical (unpaired) electrons. The topological polar surface area (TPSA) is 380 Å². The highest BCUT2D eigenvalue weighted by molar-refractivity contribution is 7.89. The lowest BCUT2D eigenvalue weighted by Gasteiger charge is -2.27. The normalized spacial score (nSPS) is 20.2. The van der Waals surface area contributed by atoms with Crippen LogP contribution >= 0.6 is 0 Å². The summed E-state index contributed by atoms with van der Waals surface area (Å²) < 4.78 is 92.7. The number of nitrogens with zero attached hydrogens (tertiary/aromatic N) is 4. The van der Waals surface area contributed by atoms with Gasteiger partial charge in [-0.05, 0) is 95.1 Å². The lowest BCUT2D eigenvalue weighted by atomic mass is 9.84. The molecule has 30 nitrogen and oxygen atoms in total. The van der Waals surface area contributed by atoms with Crippen LogP contribution in [0.25, 0.3) is 0 Å². The Kier molecular flexibility index (Phi) is 33.6. The van der Waals surface area contributed by atoms with Gasteiger partial charge in [0.1, 0.15) is 38.5 Å². The smallest absolute Gasteiger partial charge is 0.407 e. The molecule has 34 heteroatoms. The Labute approximate surface area is 601 Å². The van der Waals surface area contributed by atoms with Gasteiger partial charge in [-0.25, -0.2) is 36.0 Å². The maximum atomic E-state index is 12.9. The number of hydrogen-bond donors (Lipinski definition) is 6. The van der Waals surface area contributed by atoms with Crippen molar-refractivity contribution >= 4 is 82.4 Å². The van der Waals surface area contributed by atoms with Crippen molar-refractivity contribution in [1.29, 1.82) is 0 Å². The third-order valence-corrected chi connectivity index (χ3v) is 19.6. The molecule has 4 aliphatic rings. The van der Waals surface area contributed by atoms with Crippen molar-refractivity contribution in [2.75, 3.05) is 72.0 Å². The number of alkyl carbamates (subject to hydrolysis) is 4. The summed E-state index contributed by atoms with van der Waals surface area (Å²) in [5.41, 5.74) is 3.40. The average Bonchev–Trinajstić information content (AvgIpc) is 1.67. The van der Waals surface area contributed by atoms with Gasteiger partial charge in [-0.1, -0.05) is 140 Å². The van der Waals surface area contributed by atoms with E-state index in [1.54, 1.807) is 69.2 Å². The Morgan fingerprint density at radius 1 is 0.417 bits per heavy atom. The lowest BCUT2D eigenvalue weighted by molar-refractivity contribution is -0.148. The largest absolute Gasteiger partial charge is 0.466 e. The Hall–Kier alpha value is -9.15. The predicted molar refractivity (Wildman–Crippen MR) is 377 cm³/mol. The maximum absolute atomic E-state index is 12.9. The first-order valence-electron chi connectivity index (χ1n) is 33.7. The van der Waals surface area contributed by atoms with Crippen LogP contribution in [-0.4, -0.2) is 216 Å². The number of hydrogen-bond acceptors (Lipinski definition) is 24. The molecule has 0 bridgehead atoms. The molecule has 4 fully saturated rings. The van der Waals surface area contributed by atoms with E-state index in [2.05, 4.69) is 21.3 Å².